The van der Waals surface area contributed by atoms with Crippen molar-refractivity contribution >= 4 is 5.97 Å². The van der Waals surface area contributed by atoms with Crippen molar-refractivity contribution in [1.29, 1.82) is 0 Å². The third-order valence-corrected chi connectivity index (χ3v) is 2.91. The second-order valence-electron chi connectivity index (χ2n) is 4.19. The predicted octanol–water partition coefficient (Wildman–Crippen LogP) is 0.846. The summed E-state index contributed by atoms with van der Waals surface area (Å²) in [6, 6.07) is 7.05. The molecule has 1 heterocycles. The van der Waals surface area contributed by atoms with Crippen molar-refractivity contribution in [1.82, 2.24) is 20.1 Å². The van der Waals surface area contributed by atoms with E-state index < -0.39 is 5.97 Å². The van der Waals surface area contributed by atoms with Gasteiger partial charge < -0.3 is 10.4 Å². The minimum Gasteiger partial charge on any atom is -0.478 e. The first-order valence-corrected chi connectivity index (χ1v) is 6.03. The van der Waals surface area contributed by atoms with Gasteiger partial charge in [-0.2, -0.15) is 5.10 Å². The first-order chi connectivity index (χ1) is 9.18. The summed E-state index contributed by atoms with van der Waals surface area (Å²) in [4.78, 5) is 15.1. The fraction of sp³-hybridized carbons (Fsp3) is 0.308. The Balaban J connectivity index is 1.86. The van der Waals surface area contributed by atoms with Crippen LogP contribution in [0.15, 0.2) is 30.6 Å². The summed E-state index contributed by atoms with van der Waals surface area (Å²) in [5.41, 5.74) is 1.20. The van der Waals surface area contributed by atoms with Gasteiger partial charge in [0.05, 0.1) is 12.1 Å². The van der Waals surface area contributed by atoms with Crippen LogP contribution in [0.1, 0.15) is 21.7 Å². The molecule has 0 bridgehead atoms. The number of hydrogen-bond donors (Lipinski definition) is 2. The van der Waals surface area contributed by atoms with Crippen molar-refractivity contribution in [2.45, 2.75) is 13.0 Å². The van der Waals surface area contributed by atoms with E-state index >= 15 is 0 Å². The van der Waals surface area contributed by atoms with E-state index in [-0.39, 0.29) is 0 Å². The monoisotopic (exact) mass is 260 g/mol. The molecule has 0 aliphatic rings. The number of nitrogens with zero attached hydrogens (tertiary/aromatic N) is 3. The SMILES string of the molecule is Cn1ncnc1CNCCc1ccccc1C(=O)O. The molecule has 6 nitrogen and oxygen atoms in total. The molecule has 0 aliphatic carbocycles. The Morgan fingerprint density at radius 2 is 2.21 bits per heavy atom. The van der Waals surface area contributed by atoms with Crippen molar-refractivity contribution in [2.75, 3.05) is 6.54 Å². The number of carboxylic acids is 1. The van der Waals surface area contributed by atoms with E-state index in [1.54, 1.807) is 16.8 Å². The molecule has 0 aliphatic heterocycles. The van der Waals surface area contributed by atoms with Gasteiger partial charge in [-0.15, -0.1) is 0 Å². The first kappa shape index (κ1) is 13.2. The molecule has 19 heavy (non-hydrogen) atoms. The van der Waals surface area contributed by atoms with Gasteiger partial charge in [0.25, 0.3) is 0 Å². The second kappa shape index (κ2) is 6.10. The number of aromatic nitrogens is 3. The Kier molecular flexibility index (Phi) is 4.25. The molecule has 2 N–H and O–H groups in total. The molecule has 0 amide bonds. The molecular weight excluding hydrogens is 244 g/mol. The van der Waals surface area contributed by atoms with E-state index in [1.807, 2.05) is 19.2 Å². The highest BCUT2D eigenvalue weighted by molar-refractivity contribution is 5.89. The largest absolute Gasteiger partial charge is 0.478 e. The Morgan fingerprint density at radius 1 is 1.42 bits per heavy atom. The number of rotatable bonds is 6. The average molecular weight is 260 g/mol. The maximum absolute atomic E-state index is 11.0. The summed E-state index contributed by atoms with van der Waals surface area (Å²) in [5.74, 6) is -0.0320. The van der Waals surface area contributed by atoms with Crippen LogP contribution in [-0.2, 0) is 20.0 Å². The highest BCUT2D eigenvalue weighted by Crippen LogP contribution is 2.09. The van der Waals surface area contributed by atoms with Crippen molar-refractivity contribution in [2.24, 2.45) is 7.05 Å². The minimum absolute atomic E-state index is 0.364. The van der Waals surface area contributed by atoms with Crippen molar-refractivity contribution in [3.8, 4) is 0 Å². The van der Waals surface area contributed by atoms with Crippen molar-refractivity contribution < 1.29 is 9.90 Å². The molecule has 100 valence electrons. The molecule has 2 aromatic rings. The van der Waals surface area contributed by atoms with Crippen LogP contribution in [-0.4, -0.2) is 32.4 Å². The van der Waals surface area contributed by atoms with Gasteiger partial charge in [-0.1, -0.05) is 18.2 Å². The van der Waals surface area contributed by atoms with E-state index in [2.05, 4.69) is 15.4 Å². The Labute approximate surface area is 111 Å². The quantitative estimate of drug-likeness (QED) is 0.752. The van der Waals surface area contributed by atoms with Gasteiger partial charge in [-0.25, -0.2) is 9.78 Å². The number of nitrogens with one attached hydrogen (secondary N) is 1. The smallest absolute Gasteiger partial charge is 0.335 e. The molecule has 0 spiro atoms. The lowest BCUT2D eigenvalue weighted by molar-refractivity contribution is 0.0695. The molecule has 0 saturated heterocycles. The van der Waals surface area contributed by atoms with Gasteiger partial charge in [0.15, 0.2) is 0 Å². The van der Waals surface area contributed by atoms with Crippen LogP contribution in [0.4, 0.5) is 0 Å². The molecule has 0 atom stereocenters. The molecule has 0 saturated carbocycles. The third-order valence-electron chi connectivity index (χ3n) is 2.91. The first-order valence-electron chi connectivity index (χ1n) is 6.03. The highest BCUT2D eigenvalue weighted by Gasteiger charge is 2.08. The van der Waals surface area contributed by atoms with E-state index in [0.717, 1.165) is 11.4 Å². The average Bonchev–Trinajstić information content (AvgIpc) is 2.80. The Hall–Kier alpha value is -2.21. The van der Waals surface area contributed by atoms with Crippen LogP contribution in [0.3, 0.4) is 0 Å². The summed E-state index contributed by atoms with van der Waals surface area (Å²) in [7, 11) is 1.84. The van der Waals surface area contributed by atoms with Gasteiger partial charge in [-0.05, 0) is 24.6 Å². The van der Waals surface area contributed by atoms with Crippen LogP contribution in [0, 0.1) is 0 Å². The number of carbonyl (C=O) groups is 1. The van der Waals surface area contributed by atoms with E-state index in [9.17, 15) is 4.79 Å². The second-order valence-corrected chi connectivity index (χ2v) is 4.19. The molecule has 0 fully saturated rings. The summed E-state index contributed by atoms with van der Waals surface area (Å²) in [6.45, 7) is 1.31. The summed E-state index contributed by atoms with van der Waals surface area (Å²) in [5, 5.41) is 16.3. The number of carboxylic acid groups (broad SMARTS) is 1. The highest BCUT2D eigenvalue weighted by atomic mass is 16.4. The standard InChI is InChI=1S/C13H16N4O2/c1-17-12(15-9-16-17)8-14-7-6-10-4-2-3-5-11(10)13(18)19/h2-5,9,14H,6-8H2,1H3,(H,18,19). The molecule has 1 aromatic heterocycles. The molecular formula is C13H16N4O2. The van der Waals surface area contributed by atoms with Gasteiger partial charge in [0.2, 0.25) is 0 Å². The van der Waals surface area contributed by atoms with Gasteiger partial charge >= 0.3 is 5.97 Å². The van der Waals surface area contributed by atoms with Gasteiger partial charge in [-0.3, -0.25) is 4.68 Å². The zero-order valence-electron chi connectivity index (χ0n) is 10.7. The lowest BCUT2D eigenvalue weighted by atomic mass is 10.0. The lowest BCUT2D eigenvalue weighted by Gasteiger charge is -2.07. The molecule has 1 aromatic carbocycles. The third kappa shape index (κ3) is 3.38. The van der Waals surface area contributed by atoms with Crippen LogP contribution in [0.5, 0.6) is 0 Å². The van der Waals surface area contributed by atoms with E-state index in [0.29, 0.717) is 25.1 Å². The van der Waals surface area contributed by atoms with Crippen LogP contribution >= 0.6 is 0 Å². The van der Waals surface area contributed by atoms with Crippen molar-refractivity contribution in [3.05, 3.63) is 47.5 Å². The van der Waals surface area contributed by atoms with Crippen LogP contribution in [0.2, 0.25) is 0 Å². The molecule has 2 rings (SSSR count). The maximum Gasteiger partial charge on any atom is 0.335 e. The van der Waals surface area contributed by atoms with Gasteiger partial charge in [0, 0.05) is 7.05 Å². The fourth-order valence-corrected chi connectivity index (χ4v) is 1.85. The zero-order valence-corrected chi connectivity index (χ0v) is 10.7. The van der Waals surface area contributed by atoms with Crippen LogP contribution in [0.25, 0.3) is 0 Å². The Morgan fingerprint density at radius 3 is 2.89 bits per heavy atom. The topological polar surface area (TPSA) is 80.0 Å². The minimum atomic E-state index is -0.885. The lowest BCUT2D eigenvalue weighted by Crippen LogP contribution is -2.20. The molecule has 6 heteroatoms. The number of aryl methyl sites for hydroxylation is 1. The zero-order chi connectivity index (χ0) is 13.7. The maximum atomic E-state index is 11.0. The predicted molar refractivity (Wildman–Crippen MR) is 69.8 cm³/mol. The normalized spacial score (nSPS) is 10.6. The summed E-state index contributed by atoms with van der Waals surface area (Å²) >= 11 is 0. The van der Waals surface area contributed by atoms with Gasteiger partial charge in [0.1, 0.15) is 12.2 Å². The van der Waals surface area contributed by atoms with Crippen molar-refractivity contribution in [3.63, 3.8) is 0 Å². The number of aromatic carboxylic acids is 1. The van der Waals surface area contributed by atoms with Crippen LogP contribution < -0.4 is 5.32 Å². The van der Waals surface area contributed by atoms with E-state index in [1.165, 1.54) is 6.33 Å². The number of hydrogen-bond acceptors (Lipinski definition) is 4. The van der Waals surface area contributed by atoms with E-state index in [4.69, 9.17) is 5.11 Å². The summed E-state index contributed by atoms with van der Waals surface area (Å²) < 4.78 is 1.71. The summed E-state index contributed by atoms with van der Waals surface area (Å²) in [6.07, 6.45) is 2.18. The number of benzene rings is 1. The fourth-order valence-electron chi connectivity index (χ4n) is 1.85. The molecule has 0 unspecified atom stereocenters. The molecule has 0 radical (unpaired) electrons. The Bertz CT molecular complexity index is 565.